The van der Waals surface area contributed by atoms with E-state index in [1.54, 1.807) is 25.7 Å². The van der Waals surface area contributed by atoms with Gasteiger partial charge >= 0.3 is 12.1 Å². The molecule has 0 bridgehead atoms. The van der Waals surface area contributed by atoms with Crippen molar-refractivity contribution in [3.8, 4) is 6.07 Å². The fraction of sp³-hybridized carbons (Fsp3) is 0.828. The lowest BCUT2D eigenvalue weighted by molar-refractivity contribution is -0.175. The highest BCUT2D eigenvalue weighted by Crippen LogP contribution is 2.46. The van der Waals surface area contributed by atoms with Gasteiger partial charge in [0.25, 0.3) is 0 Å². The molecule has 0 radical (unpaired) electrons. The molecule has 0 aromatic carbocycles. The minimum Gasteiger partial charge on any atom is -0.351 e. The fourth-order valence-corrected chi connectivity index (χ4v) is 6.60. The summed E-state index contributed by atoms with van der Waals surface area (Å²) in [6.45, 7) is 8.70. The molecule has 1 spiro atoms. The number of nitrogens with zero attached hydrogens (tertiary/aromatic N) is 2. The van der Waals surface area contributed by atoms with E-state index in [2.05, 4.69) is 16.7 Å². The largest absolute Gasteiger partial charge is 0.471 e. The SMILES string of the molecule is CC1(C)CC[C@@H](C[C@@H](C#N)NC(=O)[C@@H]2CC3(CCCCC3)CN2CC(=O)[C@@H](NC(=O)C(F)(F)F)C(C)(C)C)C(=O)N1. The van der Waals surface area contributed by atoms with E-state index in [-0.39, 0.29) is 29.8 Å². The van der Waals surface area contributed by atoms with Gasteiger partial charge in [0.1, 0.15) is 6.04 Å². The maximum Gasteiger partial charge on any atom is 0.471 e. The van der Waals surface area contributed by atoms with Crippen LogP contribution < -0.4 is 16.0 Å². The second-order valence-corrected chi connectivity index (χ2v) is 14.0. The molecule has 230 valence electrons. The van der Waals surface area contributed by atoms with E-state index in [1.165, 1.54) is 0 Å². The third kappa shape index (κ3) is 8.43. The van der Waals surface area contributed by atoms with Crippen molar-refractivity contribution in [2.75, 3.05) is 13.1 Å². The smallest absolute Gasteiger partial charge is 0.351 e. The zero-order valence-electron chi connectivity index (χ0n) is 24.7. The second kappa shape index (κ2) is 12.3. The Kier molecular flexibility index (Phi) is 9.83. The summed E-state index contributed by atoms with van der Waals surface area (Å²) in [4.78, 5) is 53.0. The van der Waals surface area contributed by atoms with Gasteiger partial charge < -0.3 is 16.0 Å². The molecular formula is C29H44F3N5O4. The first-order chi connectivity index (χ1) is 18.9. The van der Waals surface area contributed by atoms with E-state index in [4.69, 9.17) is 0 Å². The van der Waals surface area contributed by atoms with Crippen LogP contribution in [0.15, 0.2) is 0 Å². The summed E-state index contributed by atoms with van der Waals surface area (Å²) in [6.07, 6.45) is 1.62. The predicted molar refractivity (Wildman–Crippen MR) is 145 cm³/mol. The number of hydrogen-bond acceptors (Lipinski definition) is 6. The van der Waals surface area contributed by atoms with Crippen LogP contribution in [0.2, 0.25) is 0 Å². The average Bonchev–Trinajstić information content (AvgIpc) is 3.18. The number of ketones is 1. The summed E-state index contributed by atoms with van der Waals surface area (Å²) >= 11 is 0. The highest BCUT2D eigenvalue weighted by atomic mass is 19.4. The first-order valence-corrected chi connectivity index (χ1v) is 14.5. The van der Waals surface area contributed by atoms with E-state index >= 15 is 0 Å². The van der Waals surface area contributed by atoms with Gasteiger partial charge in [0.2, 0.25) is 11.8 Å². The molecule has 0 unspecified atom stereocenters. The van der Waals surface area contributed by atoms with Gasteiger partial charge in [-0.15, -0.1) is 0 Å². The molecule has 0 aromatic rings. The van der Waals surface area contributed by atoms with E-state index in [9.17, 15) is 37.6 Å². The van der Waals surface area contributed by atoms with Gasteiger partial charge in [0.05, 0.1) is 24.7 Å². The van der Waals surface area contributed by atoms with E-state index < -0.39 is 53.2 Å². The summed E-state index contributed by atoms with van der Waals surface area (Å²) in [5.41, 5.74) is -1.53. The second-order valence-electron chi connectivity index (χ2n) is 14.0. The number of hydrogen-bond donors (Lipinski definition) is 3. The molecule has 12 heteroatoms. The highest BCUT2D eigenvalue weighted by molar-refractivity contribution is 5.93. The van der Waals surface area contributed by atoms with Gasteiger partial charge in [-0.2, -0.15) is 18.4 Å². The number of piperidine rings is 1. The fourth-order valence-electron chi connectivity index (χ4n) is 6.60. The molecule has 3 fully saturated rings. The van der Waals surface area contributed by atoms with Crippen molar-refractivity contribution in [1.82, 2.24) is 20.9 Å². The van der Waals surface area contributed by atoms with Gasteiger partial charge in [-0.3, -0.25) is 24.1 Å². The zero-order valence-corrected chi connectivity index (χ0v) is 24.7. The van der Waals surface area contributed by atoms with Gasteiger partial charge in [0.15, 0.2) is 5.78 Å². The van der Waals surface area contributed by atoms with Crippen LogP contribution >= 0.6 is 0 Å². The maximum absolute atomic E-state index is 13.6. The molecule has 2 aliphatic heterocycles. The number of halogens is 3. The number of likely N-dealkylation sites (tertiary alicyclic amines) is 1. The van der Waals surface area contributed by atoms with Gasteiger partial charge in [-0.05, 0) is 63.2 Å². The maximum atomic E-state index is 13.6. The van der Waals surface area contributed by atoms with Crippen molar-refractivity contribution in [2.24, 2.45) is 16.7 Å². The number of nitrogens with one attached hydrogen (secondary N) is 3. The summed E-state index contributed by atoms with van der Waals surface area (Å²) in [5.74, 6) is -3.80. The third-order valence-electron chi connectivity index (χ3n) is 8.85. The monoisotopic (exact) mass is 583 g/mol. The third-order valence-corrected chi connectivity index (χ3v) is 8.85. The first kappa shape index (κ1) is 32.8. The van der Waals surface area contributed by atoms with E-state index in [0.29, 0.717) is 19.4 Å². The van der Waals surface area contributed by atoms with E-state index in [1.807, 2.05) is 19.2 Å². The van der Waals surface area contributed by atoms with Crippen molar-refractivity contribution in [3.63, 3.8) is 0 Å². The Balaban J connectivity index is 1.76. The summed E-state index contributed by atoms with van der Waals surface area (Å²) in [6, 6.07) is -0.986. The number of Topliss-reactive ketones (excluding diaryl/α,β-unsaturated/α-hetero) is 1. The topological polar surface area (TPSA) is 131 Å². The van der Waals surface area contributed by atoms with Crippen LogP contribution in [-0.2, 0) is 19.2 Å². The lowest BCUT2D eigenvalue weighted by Crippen LogP contribution is -2.56. The molecule has 0 aromatic heterocycles. The van der Waals surface area contributed by atoms with E-state index in [0.717, 1.165) is 38.5 Å². The van der Waals surface area contributed by atoms with Gasteiger partial charge in [-0.25, -0.2) is 0 Å². The first-order valence-electron chi connectivity index (χ1n) is 14.5. The van der Waals surface area contributed by atoms with Crippen molar-refractivity contribution in [2.45, 2.75) is 122 Å². The van der Waals surface area contributed by atoms with Crippen LogP contribution in [0, 0.1) is 28.1 Å². The van der Waals surface area contributed by atoms with Crippen molar-refractivity contribution < 1.29 is 32.3 Å². The quantitative estimate of drug-likeness (QED) is 0.402. The van der Waals surface area contributed by atoms with Crippen LogP contribution in [0.4, 0.5) is 13.2 Å². The minimum absolute atomic E-state index is 0.154. The molecular weight excluding hydrogens is 539 g/mol. The molecule has 9 nitrogen and oxygen atoms in total. The number of alkyl halides is 3. The summed E-state index contributed by atoms with van der Waals surface area (Å²) in [5, 5.41) is 17.4. The Hall–Kier alpha value is -2.68. The summed E-state index contributed by atoms with van der Waals surface area (Å²) in [7, 11) is 0. The number of carbonyl (C=O) groups excluding carboxylic acids is 4. The standard InChI is InChI=1S/C29H44F3N5O4/c1-26(2,3)22(35-25(41)29(30,31)32)21(38)16-37-17-28(10-7-6-8-11-28)14-20(37)24(40)34-19(15-33)13-18-9-12-27(4,5)36-23(18)39/h18-20,22H,6-14,16-17H2,1-5H3,(H,34,40)(H,35,41)(H,36,39)/t18-,19-,20-,22+/m0/s1. The Labute approximate surface area is 240 Å². The number of amides is 3. The van der Waals surface area contributed by atoms with Crippen LogP contribution in [0.1, 0.15) is 92.4 Å². The van der Waals surface area contributed by atoms with Gasteiger partial charge in [0, 0.05) is 18.0 Å². The molecule has 3 rings (SSSR count). The average molecular weight is 584 g/mol. The molecule has 4 atom stereocenters. The Morgan fingerprint density at radius 3 is 2.27 bits per heavy atom. The lowest BCUT2D eigenvalue weighted by atomic mass is 9.72. The van der Waals surface area contributed by atoms with Crippen molar-refractivity contribution in [3.05, 3.63) is 0 Å². The lowest BCUT2D eigenvalue weighted by Gasteiger charge is -2.36. The number of nitriles is 1. The van der Waals surface area contributed by atoms with Crippen LogP contribution in [0.25, 0.3) is 0 Å². The Morgan fingerprint density at radius 1 is 1.10 bits per heavy atom. The predicted octanol–water partition coefficient (Wildman–Crippen LogP) is 3.38. The molecule has 2 saturated heterocycles. The van der Waals surface area contributed by atoms with Crippen LogP contribution in [-0.4, -0.2) is 71.3 Å². The van der Waals surface area contributed by atoms with Crippen molar-refractivity contribution in [1.29, 1.82) is 5.26 Å². The molecule has 3 N–H and O–H groups in total. The molecule has 3 aliphatic rings. The normalized spacial score (nSPS) is 26.0. The van der Waals surface area contributed by atoms with Crippen molar-refractivity contribution >= 4 is 23.5 Å². The molecule has 2 heterocycles. The number of rotatable bonds is 8. The minimum atomic E-state index is -5.14. The van der Waals surface area contributed by atoms with Crippen LogP contribution in [0.5, 0.6) is 0 Å². The summed E-state index contributed by atoms with van der Waals surface area (Å²) < 4.78 is 39.1. The Bertz CT molecular complexity index is 1060. The number of carbonyl (C=O) groups is 4. The molecule has 3 amide bonds. The highest BCUT2D eigenvalue weighted by Gasteiger charge is 2.49. The Morgan fingerprint density at radius 2 is 1.73 bits per heavy atom. The van der Waals surface area contributed by atoms with Crippen LogP contribution in [0.3, 0.4) is 0 Å². The zero-order chi connectivity index (χ0) is 30.8. The molecule has 1 aliphatic carbocycles. The molecule has 1 saturated carbocycles. The molecule has 41 heavy (non-hydrogen) atoms. The van der Waals surface area contributed by atoms with Gasteiger partial charge in [-0.1, -0.05) is 40.0 Å².